The summed E-state index contributed by atoms with van der Waals surface area (Å²) in [5, 5.41) is 3.99. The average Bonchev–Trinajstić information content (AvgIpc) is 2.83. The molecule has 0 aromatic carbocycles. The van der Waals surface area contributed by atoms with Gasteiger partial charge in [0.15, 0.2) is 0 Å². The maximum Gasteiger partial charge on any atom is 0.240 e. The van der Waals surface area contributed by atoms with Gasteiger partial charge in [0.1, 0.15) is 0 Å². The number of nitrogens with two attached hydrogens (primary N) is 1. The van der Waals surface area contributed by atoms with Gasteiger partial charge in [-0.2, -0.15) is 4.98 Å². The maximum absolute atomic E-state index is 6.22. The highest BCUT2D eigenvalue weighted by Crippen LogP contribution is 2.30. The van der Waals surface area contributed by atoms with E-state index in [0.29, 0.717) is 17.5 Å². The molecule has 0 spiro atoms. The van der Waals surface area contributed by atoms with Crippen LogP contribution >= 0.6 is 0 Å². The Morgan fingerprint density at radius 3 is 2.65 bits per heavy atom. The minimum atomic E-state index is 0.102. The minimum Gasteiger partial charge on any atom is -0.338 e. The molecule has 1 fully saturated rings. The Hall–Kier alpha value is -1.82. The molecule has 1 aliphatic rings. The van der Waals surface area contributed by atoms with Crippen molar-refractivity contribution in [3.05, 3.63) is 23.8 Å². The van der Waals surface area contributed by atoms with Crippen LogP contribution in [-0.2, 0) is 0 Å². The molecular formula is C14H19N5O. The number of rotatable bonds is 2. The van der Waals surface area contributed by atoms with E-state index in [-0.39, 0.29) is 12.0 Å². The lowest BCUT2D eigenvalue weighted by Crippen LogP contribution is -2.27. The van der Waals surface area contributed by atoms with Crippen molar-refractivity contribution in [2.24, 2.45) is 5.73 Å². The van der Waals surface area contributed by atoms with E-state index >= 15 is 0 Å². The minimum absolute atomic E-state index is 0.102. The lowest BCUT2D eigenvalue weighted by Gasteiger charge is -2.16. The molecule has 0 radical (unpaired) electrons. The van der Waals surface area contributed by atoms with Gasteiger partial charge in [-0.3, -0.25) is 0 Å². The molecule has 1 saturated carbocycles. The third-order valence-electron chi connectivity index (χ3n) is 3.81. The number of aromatic nitrogens is 4. The molecule has 0 amide bonds. The summed E-state index contributed by atoms with van der Waals surface area (Å²) >= 11 is 0. The topological polar surface area (TPSA) is 90.7 Å². The molecule has 3 rings (SSSR count). The van der Waals surface area contributed by atoms with Gasteiger partial charge in [0.05, 0.1) is 5.92 Å². The van der Waals surface area contributed by atoms with Crippen LogP contribution in [0.15, 0.2) is 16.9 Å². The number of nitrogens with zero attached hydrogens (tertiary/aromatic N) is 4. The molecule has 0 bridgehead atoms. The molecule has 2 heterocycles. The first-order valence-corrected chi connectivity index (χ1v) is 7.12. The van der Waals surface area contributed by atoms with Crippen molar-refractivity contribution in [1.29, 1.82) is 0 Å². The Balaban J connectivity index is 1.83. The molecular weight excluding hydrogens is 254 g/mol. The van der Waals surface area contributed by atoms with E-state index in [2.05, 4.69) is 20.1 Å². The first kappa shape index (κ1) is 13.2. The molecule has 106 valence electrons. The quantitative estimate of drug-likeness (QED) is 0.843. The fourth-order valence-corrected chi connectivity index (χ4v) is 2.63. The van der Waals surface area contributed by atoms with Gasteiger partial charge in [-0.1, -0.05) is 24.4 Å². The van der Waals surface area contributed by atoms with Crippen LogP contribution < -0.4 is 5.73 Å². The van der Waals surface area contributed by atoms with E-state index in [0.717, 1.165) is 24.8 Å². The van der Waals surface area contributed by atoms with Gasteiger partial charge in [-0.15, -0.1) is 0 Å². The third kappa shape index (κ3) is 2.70. The van der Waals surface area contributed by atoms with E-state index < -0.39 is 0 Å². The maximum atomic E-state index is 6.22. The molecule has 1 aliphatic carbocycles. The van der Waals surface area contributed by atoms with E-state index in [1.54, 1.807) is 12.4 Å². The van der Waals surface area contributed by atoms with Gasteiger partial charge in [0.2, 0.25) is 17.5 Å². The van der Waals surface area contributed by atoms with Crippen LogP contribution in [0.3, 0.4) is 0 Å². The second-order valence-electron chi connectivity index (χ2n) is 5.45. The highest BCUT2D eigenvalue weighted by molar-refractivity contribution is 5.41. The highest BCUT2D eigenvalue weighted by atomic mass is 16.5. The molecule has 2 N–H and O–H groups in total. The van der Waals surface area contributed by atoms with E-state index in [1.807, 2.05) is 6.92 Å². The van der Waals surface area contributed by atoms with Crippen LogP contribution in [0.1, 0.15) is 49.5 Å². The Bertz CT molecular complexity index is 565. The average molecular weight is 273 g/mol. The third-order valence-corrected chi connectivity index (χ3v) is 3.81. The molecule has 20 heavy (non-hydrogen) atoms. The molecule has 0 saturated heterocycles. The molecule has 2 aromatic rings. The second-order valence-corrected chi connectivity index (χ2v) is 5.45. The highest BCUT2D eigenvalue weighted by Gasteiger charge is 2.27. The Morgan fingerprint density at radius 2 is 1.85 bits per heavy atom. The van der Waals surface area contributed by atoms with Gasteiger partial charge in [0.25, 0.3) is 0 Å². The Morgan fingerprint density at radius 1 is 1.10 bits per heavy atom. The SMILES string of the molecule is Cc1cnc(-c2noc(C3CCCCCC3N)n2)nc1. The van der Waals surface area contributed by atoms with Gasteiger partial charge >= 0.3 is 0 Å². The molecule has 6 nitrogen and oxygen atoms in total. The monoisotopic (exact) mass is 273 g/mol. The fourth-order valence-electron chi connectivity index (χ4n) is 2.63. The van der Waals surface area contributed by atoms with Crippen molar-refractivity contribution in [1.82, 2.24) is 20.1 Å². The molecule has 0 aliphatic heterocycles. The van der Waals surface area contributed by atoms with Crippen molar-refractivity contribution in [3.63, 3.8) is 0 Å². The van der Waals surface area contributed by atoms with Crippen LogP contribution in [-0.4, -0.2) is 26.2 Å². The van der Waals surface area contributed by atoms with Crippen molar-refractivity contribution >= 4 is 0 Å². The smallest absolute Gasteiger partial charge is 0.240 e. The zero-order chi connectivity index (χ0) is 13.9. The predicted molar refractivity (Wildman–Crippen MR) is 73.9 cm³/mol. The van der Waals surface area contributed by atoms with E-state index in [4.69, 9.17) is 10.3 Å². The summed E-state index contributed by atoms with van der Waals surface area (Å²) in [5.41, 5.74) is 7.22. The lowest BCUT2D eigenvalue weighted by atomic mass is 9.95. The number of aryl methyl sites for hydroxylation is 1. The van der Waals surface area contributed by atoms with Crippen LogP contribution in [0, 0.1) is 6.92 Å². The molecule has 2 atom stereocenters. The van der Waals surface area contributed by atoms with E-state index in [1.165, 1.54) is 12.8 Å². The lowest BCUT2D eigenvalue weighted by molar-refractivity contribution is 0.325. The Labute approximate surface area is 117 Å². The van der Waals surface area contributed by atoms with Crippen LogP contribution in [0.2, 0.25) is 0 Å². The molecule has 2 unspecified atom stereocenters. The summed E-state index contributed by atoms with van der Waals surface area (Å²) in [6.45, 7) is 1.94. The first-order chi connectivity index (χ1) is 9.74. The van der Waals surface area contributed by atoms with Crippen LogP contribution in [0.4, 0.5) is 0 Å². The van der Waals surface area contributed by atoms with E-state index in [9.17, 15) is 0 Å². The zero-order valence-electron chi connectivity index (χ0n) is 11.6. The number of hydrogen-bond acceptors (Lipinski definition) is 6. The zero-order valence-corrected chi connectivity index (χ0v) is 11.6. The van der Waals surface area contributed by atoms with Crippen molar-refractivity contribution in [3.8, 4) is 11.6 Å². The normalized spacial score (nSPS) is 23.5. The fraction of sp³-hybridized carbons (Fsp3) is 0.571. The largest absolute Gasteiger partial charge is 0.338 e. The van der Waals surface area contributed by atoms with Gasteiger partial charge < -0.3 is 10.3 Å². The molecule has 2 aromatic heterocycles. The molecule has 6 heteroatoms. The number of hydrogen-bond donors (Lipinski definition) is 1. The van der Waals surface area contributed by atoms with Gasteiger partial charge in [0, 0.05) is 18.4 Å². The van der Waals surface area contributed by atoms with Crippen molar-refractivity contribution < 1.29 is 4.52 Å². The summed E-state index contributed by atoms with van der Waals surface area (Å²) < 4.78 is 5.39. The summed E-state index contributed by atoms with van der Waals surface area (Å²) in [5.74, 6) is 1.71. The summed E-state index contributed by atoms with van der Waals surface area (Å²) in [4.78, 5) is 12.9. The predicted octanol–water partition coefficient (Wildman–Crippen LogP) is 2.21. The van der Waals surface area contributed by atoms with Gasteiger partial charge in [-0.05, 0) is 25.3 Å². The van der Waals surface area contributed by atoms with Crippen molar-refractivity contribution in [2.75, 3.05) is 0 Å². The summed E-state index contributed by atoms with van der Waals surface area (Å²) in [6, 6.07) is 0.102. The van der Waals surface area contributed by atoms with Crippen LogP contribution in [0.5, 0.6) is 0 Å². The second kappa shape index (κ2) is 5.66. The first-order valence-electron chi connectivity index (χ1n) is 7.12. The van der Waals surface area contributed by atoms with Crippen molar-refractivity contribution in [2.45, 2.75) is 51.0 Å². The standard InChI is InChI=1S/C14H19N5O/c1-9-7-16-12(17-8-9)13-18-14(20-19-13)10-5-3-2-4-6-11(10)15/h7-8,10-11H,2-6,15H2,1H3. The summed E-state index contributed by atoms with van der Waals surface area (Å²) in [7, 11) is 0. The van der Waals surface area contributed by atoms with Crippen LogP contribution in [0.25, 0.3) is 11.6 Å². The summed E-state index contributed by atoms with van der Waals surface area (Å²) in [6.07, 6.45) is 9.09. The Kier molecular flexibility index (Phi) is 3.73. The van der Waals surface area contributed by atoms with Gasteiger partial charge in [-0.25, -0.2) is 9.97 Å².